The largest absolute Gasteiger partial charge is 0.488 e. The molecule has 1 aromatic rings. The third-order valence-electron chi connectivity index (χ3n) is 3.64. The van der Waals surface area contributed by atoms with Gasteiger partial charge >= 0.3 is 0 Å². The highest BCUT2D eigenvalue weighted by molar-refractivity contribution is 5.48. The van der Waals surface area contributed by atoms with Crippen LogP contribution in [0.3, 0.4) is 0 Å². The lowest BCUT2D eigenvalue weighted by Gasteiger charge is -2.20. The van der Waals surface area contributed by atoms with E-state index in [1.165, 1.54) is 23.1 Å². The zero-order chi connectivity index (χ0) is 13.1. The molecule has 1 aliphatic rings. The Kier molecular flexibility index (Phi) is 4.28. The smallest absolute Gasteiger partial charge is 0.125 e. The van der Waals surface area contributed by atoms with Gasteiger partial charge in [0.25, 0.3) is 0 Å². The second-order valence-electron chi connectivity index (χ2n) is 5.37. The van der Waals surface area contributed by atoms with Crippen LogP contribution >= 0.6 is 0 Å². The Morgan fingerprint density at radius 3 is 2.61 bits per heavy atom. The minimum absolute atomic E-state index is 0.303. The SMILES string of the molecule is CCCNC1c2c(C)cc(C)cc2OC1CCC. The van der Waals surface area contributed by atoms with Crippen molar-refractivity contribution in [3.05, 3.63) is 28.8 Å². The first-order chi connectivity index (χ1) is 8.67. The van der Waals surface area contributed by atoms with Crippen LogP contribution in [0, 0.1) is 13.8 Å². The summed E-state index contributed by atoms with van der Waals surface area (Å²) in [7, 11) is 0. The van der Waals surface area contributed by atoms with Crippen LogP contribution in [0.15, 0.2) is 12.1 Å². The number of fused-ring (bicyclic) bond motifs is 1. The Morgan fingerprint density at radius 2 is 1.94 bits per heavy atom. The Morgan fingerprint density at radius 1 is 1.17 bits per heavy atom. The van der Waals surface area contributed by atoms with Crippen molar-refractivity contribution in [3.63, 3.8) is 0 Å². The van der Waals surface area contributed by atoms with Gasteiger partial charge in [0.2, 0.25) is 0 Å². The molecule has 1 aliphatic heterocycles. The number of hydrogen-bond donors (Lipinski definition) is 1. The summed E-state index contributed by atoms with van der Waals surface area (Å²) in [5, 5.41) is 3.66. The average molecular weight is 247 g/mol. The van der Waals surface area contributed by atoms with Crippen molar-refractivity contribution in [3.8, 4) is 5.75 Å². The Balaban J connectivity index is 2.30. The molecule has 1 aromatic carbocycles. The van der Waals surface area contributed by atoms with Crippen LogP contribution < -0.4 is 10.1 Å². The fourth-order valence-corrected chi connectivity index (χ4v) is 2.90. The Bertz CT molecular complexity index is 414. The van der Waals surface area contributed by atoms with Gasteiger partial charge < -0.3 is 10.1 Å². The number of benzene rings is 1. The molecule has 0 amide bonds. The molecule has 1 N–H and O–H groups in total. The van der Waals surface area contributed by atoms with E-state index in [4.69, 9.17) is 4.74 Å². The molecule has 2 atom stereocenters. The van der Waals surface area contributed by atoms with E-state index in [-0.39, 0.29) is 0 Å². The average Bonchev–Trinajstić information content (AvgIpc) is 2.64. The lowest BCUT2D eigenvalue weighted by Crippen LogP contribution is -2.31. The highest BCUT2D eigenvalue weighted by atomic mass is 16.5. The van der Waals surface area contributed by atoms with Gasteiger partial charge in [-0.05, 0) is 50.4 Å². The van der Waals surface area contributed by atoms with Crippen LogP contribution in [0.25, 0.3) is 0 Å². The lowest BCUT2D eigenvalue weighted by atomic mass is 9.95. The Labute approximate surface area is 111 Å². The zero-order valence-electron chi connectivity index (χ0n) is 12.0. The van der Waals surface area contributed by atoms with E-state index in [1.54, 1.807) is 0 Å². The van der Waals surface area contributed by atoms with E-state index in [1.807, 2.05) is 0 Å². The van der Waals surface area contributed by atoms with Crippen LogP contribution in [0.5, 0.6) is 5.75 Å². The monoisotopic (exact) mass is 247 g/mol. The molecule has 0 radical (unpaired) electrons. The van der Waals surface area contributed by atoms with E-state index in [2.05, 4.69) is 45.1 Å². The van der Waals surface area contributed by atoms with Gasteiger partial charge in [0.1, 0.15) is 11.9 Å². The minimum Gasteiger partial charge on any atom is -0.488 e. The fourth-order valence-electron chi connectivity index (χ4n) is 2.90. The van der Waals surface area contributed by atoms with E-state index in [0.29, 0.717) is 12.1 Å². The maximum atomic E-state index is 6.16. The van der Waals surface area contributed by atoms with Crippen LogP contribution in [0.2, 0.25) is 0 Å². The molecule has 2 rings (SSSR count). The highest BCUT2D eigenvalue weighted by Crippen LogP contribution is 2.41. The summed E-state index contributed by atoms with van der Waals surface area (Å²) < 4.78 is 6.16. The normalized spacial score (nSPS) is 21.8. The highest BCUT2D eigenvalue weighted by Gasteiger charge is 2.34. The van der Waals surface area contributed by atoms with Gasteiger partial charge in [-0.3, -0.25) is 0 Å². The standard InChI is InChI=1S/C16H25NO/c1-5-7-13-16(17-8-6-2)15-12(4)9-11(3)10-14(15)18-13/h9-10,13,16-17H,5-8H2,1-4H3. The maximum absolute atomic E-state index is 6.16. The van der Waals surface area contributed by atoms with Gasteiger partial charge in [-0.25, -0.2) is 0 Å². The molecule has 0 fully saturated rings. The van der Waals surface area contributed by atoms with Crippen LogP contribution in [0.4, 0.5) is 0 Å². The van der Waals surface area contributed by atoms with E-state index in [9.17, 15) is 0 Å². The second kappa shape index (κ2) is 5.75. The van der Waals surface area contributed by atoms with Crippen molar-refractivity contribution < 1.29 is 4.74 Å². The quantitative estimate of drug-likeness (QED) is 0.852. The van der Waals surface area contributed by atoms with E-state index in [0.717, 1.165) is 25.1 Å². The molecule has 0 aliphatic carbocycles. The van der Waals surface area contributed by atoms with Gasteiger partial charge in [-0.2, -0.15) is 0 Å². The summed E-state index contributed by atoms with van der Waals surface area (Å²) in [5.74, 6) is 1.10. The van der Waals surface area contributed by atoms with Crippen molar-refractivity contribution in [1.82, 2.24) is 5.32 Å². The number of nitrogens with one attached hydrogen (secondary N) is 1. The lowest BCUT2D eigenvalue weighted by molar-refractivity contribution is 0.178. The molecule has 18 heavy (non-hydrogen) atoms. The topological polar surface area (TPSA) is 21.3 Å². The fraction of sp³-hybridized carbons (Fsp3) is 0.625. The number of ether oxygens (including phenoxy) is 1. The summed E-state index contributed by atoms with van der Waals surface area (Å²) in [6, 6.07) is 4.82. The van der Waals surface area contributed by atoms with Gasteiger partial charge in [0, 0.05) is 5.56 Å². The first-order valence-electron chi connectivity index (χ1n) is 7.18. The predicted octanol–water partition coefficient (Wildman–Crippen LogP) is 3.91. The van der Waals surface area contributed by atoms with Crippen molar-refractivity contribution in [2.24, 2.45) is 0 Å². The Hall–Kier alpha value is -1.02. The first-order valence-corrected chi connectivity index (χ1v) is 7.18. The summed E-state index contributed by atoms with van der Waals surface area (Å²) in [5.41, 5.74) is 4.03. The van der Waals surface area contributed by atoms with Crippen molar-refractivity contribution >= 4 is 0 Å². The van der Waals surface area contributed by atoms with Crippen molar-refractivity contribution in [2.45, 2.75) is 59.1 Å². The molecule has 100 valence electrons. The molecule has 0 bridgehead atoms. The number of rotatable bonds is 5. The molecule has 2 unspecified atom stereocenters. The van der Waals surface area contributed by atoms with Crippen LogP contribution in [-0.4, -0.2) is 12.6 Å². The molecule has 0 saturated heterocycles. The van der Waals surface area contributed by atoms with Crippen molar-refractivity contribution in [2.75, 3.05) is 6.54 Å². The molecular weight excluding hydrogens is 222 g/mol. The van der Waals surface area contributed by atoms with Gasteiger partial charge in [0.05, 0.1) is 6.04 Å². The maximum Gasteiger partial charge on any atom is 0.125 e. The number of aryl methyl sites for hydroxylation is 2. The summed E-state index contributed by atoms with van der Waals surface area (Å²) >= 11 is 0. The molecule has 0 saturated carbocycles. The molecule has 1 heterocycles. The third kappa shape index (κ3) is 2.54. The van der Waals surface area contributed by atoms with Gasteiger partial charge in [0.15, 0.2) is 0 Å². The summed E-state index contributed by atoms with van der Waals surface area (Å²) in [6.45, 7) is 9.82. The second-order valence-corrected chi connectivity index (χ2v) is 5.37. The first kappa shape index (κ1) is 13.4. The molecular formula is C16H25NO. The zero-order valence-corrected chi connectivity index (χ0v) is 12.0. The molecule has 2 nitrogen and oxygen atoms in total. The van der Waals surface area contributed by atoms with E-state index >= 15 is 0 Å². The van der Waals surface area contributed by atoms with Crippen LogP contribution in [-0.2, 0) is 0 Å². The molecule has 2 heteroatoms. The summed E-state index contributed by atoms with van der Waals surface area (Å²) in [6.07, 6.45) is 3.75. The number of hydrogen-bond acceptors (Lipinski definition) is 2. The summed E-state index contributed by atoms with van der Waals surface area (Å²) in [4.78, 5) is 0. The predicted molar refractivity (Wildman–Crippen MR) is 76.3 cm³/mol. The van der Waals surface area contributed by atoms with Gasteiger partial charge in [-0.1, -0.05) is 26.3 Å². The van der Waals surface area contributed by atoms with Crippen LogP contribution in [0.1, 0.15) is 55.8 Å². The van der Waals surface area contributed by atoms with Crippen molar-refractivity contribution in [1.29, 1.82) is 0 Å². The third-order valence-corrected chi connectivity index (χ3v) is 3.64. The van der Waals surface area contributed by atoms with Gasteiger partial charge in [-0.15, -0.1) is 0 Å². The minimum atomic E-state index is 0.303. The van der Waals surface area contributed by atoms with E-state index < -0.39 is 0 Å². The molecule has 0 spiro atoms. The molecule has 0 aromatic heterocycles.